The van der Waals surface area contributed by atoms with E-state index in [1.54, 1.807) is 28.8 Å². The molecule has 3 rings (SSSR count). The number of carbonyl (C=O) groups is 1. The lowest BCUT2D eigenvalue weighted by Gasteiger charge is -2.20. The van der Waals surface area contributed by atoms with Crippen molar-refractivity contribution in [1.29, 1.82) is 0 Å². The fraction of sp³-hybridized carbons (Fsp3) is 0.364. The first kappa shape index (κ1) is 21.0. The maximum Gasteiger partial charge on any atom is 0.260 e. The fourth-order valence-corrected chi connectivity index (χ4v) is 4.31. The zero-order valence-electron chi connectivity index (χ0n) is 17.4. The smallest absolute Gasteiger partial charge is 0.260 e. The van der Waals surface area contributed by atoms with E-state index in [0.717, 1.165) is 10.9 Å². The Bertz CT molecular complexity index is 917. The third-order valence-corrected chi connectivity index (χ3v) is 5.88. The summed E-state index contributed by atoms with van der Waals surface area (Å²) in [5.41, 5.74) is 4.19. The van der Waals surface area contributed by atoms with Crippen LogP contribution in [0.5, 0.6) is 17.2 Å². The molecule has 1 heterocycles. The van der Waals surface area contributed by atoms with Crippen molar-refractivity contribution in [2.45, 2.75) is 19.6 Å². The zero-order chi connectivity index (χ0) is 21.0. The Morgan fingerprint density at radius 2 is 1.76 bits per heavy atom. The minimum atomic E-state index is -0.131. The van der Waals surface area contributed by atoms with Gasteiger partial charge in [-0.25, -0.2) is 0 Å². The summed E-state index contributed by atoms with van der Waals surface area (Å²) in [6, 6.07) is 9.77. The van der Waals surface area contributed by atoms with E-state index < -0.39 is 0 Å². The van der Waals surface area contributed by atoms with Crippen LogP contribution >= 0.6 is 11.8 Å². The number of rotatable bonds is 6. The maximum absolute atomic E-state index is 13.2. The van der Waals surface area contributed by atoms with Gasteiger partial charge in [-0.1, -0.05) is 35.5 Å². The van der Waals surface area contributed by atoms with Crippen molar-refractivity contribution in [3.63, 3.8) is 0 Å². The van der Waals surface area contributed by atoms with Gasteiger partial charge in [-0.15, -0.1) is 0 Å². The van der Waals surface area contributed by atoms with Gasteiger partial charge in [0.15, 0.2) is 16.7 Å². The number of amidine groups is 1. The maximum atomic E-state index is 13.2. The molecule has 0 saturated heterocycles. The predicted molar refractivity (Wildman–Crippen MR) is 117 cm³/mol. The second-order valence-corrected chi connectivity index (χ2v) is 7.70. The number of nitrogens with zero attached hydrogens (tertiary/aromatic N) is 2. The highest BCUT2D eigenvalue weighted by Gasteiger charge is 2.27. The van der Waals surface area contributed by atoms with Crippen molar-refractivity contribution in [3.8, 4) is 17.2 Å². The highest BCUT2D eigenvalue weighted by Crippen LogP contribution is 2.38. The van der Waals surface area contributed by atoms with Crippen LogP contribution in [0.3, 0.4) is 0 Å². The number of aliphatic imine (C=N–C) groups is 1. The molecule has 0 aromatic heterocycles. The third-order valence-electron chi connectivity index (χ3n) is 4.82. The SMILES string of the molecule is COc1cc(C(=O)N2CCN=C2SCc2cc(C)ccc2C)cc(OC)c1OC. The second kappa shape index (κ2) is 9.22. The van der Waals surface area contributed by atoms with E-state index in [4.69, 9.17) is 14.2 Å². The van der Waals surface area contributed by atoms with Crippen molar-refractivity contribution < 1.29 is 19.0 Å². The van der Waals surface area contributed by atoms with Crippen molar-refractivity contribution in [3.05, 3.63) is 52.6 Å². The number of thioether (sulfide) groups is 1. The second-order valence-electron chi connectivity index (χ2n) is 6.75. The first-order chi connectivity index (χ1) is 14.0. The van der Waals surface area contributed by atoms with Gasteiger partial charge in [0.25, 0.3) is 5.91 Å². The fourth-order valence-electron chi connectivity index (χ4n) is 3.20. The summed E-state index contributed by atoms with van der Waals surface area (Å²) in [5.74, 6) is 2.01. The summed E-state index contributed by atoms with van der Waals surface area (Å²) in [4.78, 5) is 19.5. The summed E-state index contributed by atoms with van der Waals surface area (Å²) < 4.78 is 16.1. The third kappa shape index (κ3) is 4.50. The topological polar surface area (TPSA) is 60.4 Å². The molecule has 154 valence electrons. The highest BCUT2D eigenvalue weighted by atomic mass is 32.2. The van der Waals surface area contributed by atoms with Crippen LogP contribution in [-0.2, 0) is 5.75 Å². The molecule has 0 atom stereocenters. The summed E-state index contributed by atoms with van der Waals surface area (Å²) >= 11 is 1.59. The molecular formula is C22H26N2O4S. The van der Waals surface area contributed by atoms with Crippen molar-refractivity contribution in [2.24, 2.45) is 4.99 Å². The van der Waals surface area contributed by atoms with Crippen LogP contribution in [0.2, 0.25) is 0 Å². The molecule has 0 fully saturated rings. The lowest BCUT2D eigenvalue weighted by molar-refractivity contribution is 0.0860. The summed E-state index contributed by atoms with van der Waals surface area (Å²) in [6.07, 6.45) is 0. The molecular weight excluding hydrogens is 388 g/mol. The Hall–Kier alpha value is -2.67. The molecule has 0 radical (unpaired) electrons. The number of carbonyl (C=O) groups excluding carboxylic acids is 1. The molecule has 6 nitrogen and oxygen atoms in total. The van der Waals surface area contributed by atoms with E-state index in [1.807, 2.05) is 0 Å². The van der Waals surface area contributed by atoms with Crippen LogP contribution in [0.25, 0.3) is 0 Å². The molecule has 2 aromatic carbocycles. The first-order valence-corrected chi connectivity index (χ1v) is 10.3. The number of ether oxygens (including phenoxy) is 3. The lowest BCUT2D eigenvalue weighted by atomic mass is 10.1. The summed E-state index contributed by atoms with van der Waals surface area (Å²) in [7, 11) is 4.61. The van der Waals surface area contributed by atoms with Crippen molar-refractivity contribution in [1.82, 2.24) is 4.90 Å². The number of hydrogen-bond donors (Lipinski definition) is 0. The molecule has 0 saturated carbocycles. The number of benzene rings is 2. The van der Waals surface area contributed by atoms with Crippen LogP contribution in [0.4, 0.5) is 0 Å². The van der Waals surface area contributed by atoms with Gasteiger partial charge in [0.2, 0.25) is 5.75 Å². The van der Waals surface area contributed by atoms with E-state index in [-0.39, 0.29) is 5.91 Å². The van der Waals surface area contributed by atoms with Crippen LogP contribution < -0.4 is 14.2 Å². The van der Waals surface area contributed by atoms with Gasteiger partial charge < -0.3 is 14.2 Å². The Morgan fingerprint density at radius 1 is 1.07 bits per heavy atom. The van der Waals surface area contributed by atoms with E-state index >= 15 is 0 Å². The molecule has 1 amide bonds. The molecule has 29 heavy (non-hydrogen) atoms. The Kier molecular flexibility index (Phi) is 6.69. The molecule has 0 unspecified atom stereocenters. The van der Waals surface area contributed by atoms with Crippen molar-refractivity contribution >= 4 is 22.8 Å². The average molecular weight is 415 g/mol. The lowest BCUT2D eigenvalue weighted by Crippen LogP contribution is -2.32. The van der Waals surface area contributed by atoms with Crippen LogP contribution in [0, 0.1) is 13.8 Å². The molecule has 1 aliphatic rings. The molecule has 0 spiro atoms. The Labute approximate surface area is 175 Å². The monoisotopic (exact) mass is 414 g/mol. The molecule has 0 N–H and O–H groups in total. The van der Waals surface area contributed by atoms with Gasteiger partial charge in [0.05, 0.1) is 27.9 Å². The van der Waals surface area contributed by atoms with Crippen LogP contribution in [0.1, 0.15) is 27.0 Å². The standard InChI is InChI=1S/C22H26N2O4S/c1-14-6-7-15(2)17(10-14)13-29-22-23-8-9-24(22)21(25)16-11-18(26-3)20(28-5)19(12-16)27-4/h6-7,10-12H,8-9,13H2,1-5H3. The van der Waals surface area contributed by atoms with Gasteiger partial charge in [-0.05, 0) is 37.1 Å². The number of methoxy groups -OCH3 is 3. The van der Waals surface area contributed by atoms with Crippen molar-refractivity contribution in [2.75, 3.05) is 34.4 Å². The normalized spacial score (nSPS) is 13.3. The zero-order valence-corrected chi connectivity index (χ0v) is 18.3. The van der Waals surface area contributed by atoms with E-state index in [9.17, 15) is 4.79 Å². The minimum absolute atomic E-state index is 0.131. The quantitative estimate of drug-likeness (QED) is 0.713. The predicted octanol–water partition coefficient (Wildman–Crippen LogP) is 4.07. The molecule has 2 aromatic rings. The van der Waals surface area contributed by atoms with E-state index in [1.165, 1.54) is 38.0 Å². The molecule has 0 bridgehead atoms. The van der Waals surface area contributed by atoms with E-state index in [0.29, 0.717) is 35.9 Å². The van der Waals surface area contributed by atoms with Gasteiger partial charge in [0.1, 0.15) is 0 Å². The van der Waals surface area contributed by atoms with Crippen LogP contribution in [0.15, 0.2) is 35.3 Å². The number of hydrogen-bond acceptors (Lipinski definition) is 6. The summed E-state index contributed by atoms with van der Waals surface area (Å²) in [6.45, 7) is 5.35. The largest absolute Gasteiger partial charge is 0.493 e. The van der Waals surface area contributed by atoms with Gasteiger partial charge in [-0.2, -0.15) is 0 Å². The van der Waals surface area contributed by atoms with Crippen LogP contribution in [-0.4, -0.2) is 50.4 Å². The van der Waals surface area contributed by atoms with E-state index in [2.05, 4.69) is 37.0 Å². The molecule has 0 aliphatic carbocycles. The van der Waals surface area contributed by atoms with Gasteiger partial charge in [-0.3, -0.25) is 14.7 Å². The molecule has 1 aliphatic heterocycles. The Morgan fingerprint density at radius 3 is 2.38 bits per heavy atom. The minimum Gasteiger partial charge on any atom is -0.493 e. The Balaban J connectivity index is 1.80. The highest BCUT2D eigenvalue weighted by molar-refractivity contribution is 8.13. The summed E-state index contributed by atoms with van der Waals surface area (Å²) in [5, 5.41) is 0.740. The first-order valence-electron chi connectivity index (χ1n) is 9.33. The van der Waals surface area contributed by atoms with Gasteiger partial charge >= 0.3 is 0 Å². The van der Waals surface area contributed by atoms with Gasteiger partial charge in [0, 0.05) is 17.9 Å². The number of aryl methyl sites for hydroxylation is 2. The molecule has 7 heteroatoms. The average Bonchev–Trinajstić information content (AvgIpc) is 3.21. The number of amides is 1.